The molecule has 1 heterocycles. The molecule has 5 heteroatoms. The van der Waals surface area contributed by atoms with Crippen LogP contribution in [0.3, 0.4) is 0 Å². The van der Waals surface area contributed by atoms with Crippen molar-refractivity contribution < 1.29 is 9.63 Å². The Bertz CT molecular complexity index is 513. The van der Waals surface area contributed by atoms with Crippen LogP contribution in [0.1, 0.15) is 12.2 Å². The summed E-state index contributed by atoms with van der Waals surface area (Å²) in [6.07, 6.45) is 1.37. The van der Waals surface area contributed by atoms with E-state index in [0.717, 1.165) is 21.5 Å². The van der Waals surface area contributed by atoms with E-state index in [1.807, 2.05) is 24.3 Å². The van der Waals surface area contributed by atoms with E-state index < -0.39 is 0 Å². The summed E-state index contributed by atoms with van der Waals surface area (Å²) in [4.78, 5) is 0. The molecule has 0 radical (unpaired) electrons. The number of hydrogen-bond acceptors (Lipinski definition) is 3. The predicted octanol–water partition coefficient (Wildman–Crippen LogP) is 3.68. The number of aliphatic hydroxyl groups is 1. The third-order valence-electron chi connectivity index (χ3n) is 2.36. The molecule has 90 valence electrons. The van der Waals surface area contributed by atoms with E-state index in [4.69, 9.17) is 21.2 Å². The maximum absolute atomic E-state index is 8.74. The first-order valence-corrected chi connectivity index (χ1v) is 6.39. The van der Waals surface area contributed by atoms with Crippen molar-refractivity contribution in [2.24, 2.45) is 0 Å². The molecule has 2 aromatic rings. The van der Waals surface area contributed by atoms with Crippen molar-refractivity contribution in [3.05, 3.63) is 39.5 Å². The van der Waals surface area contributed by atoms with Crippen molar-refractivity contribution in [1.82, 2.24) is 5.16 Å². The highest BCUT2D eigenvalue weighted by atomic mass is 79.9. The molecule has 0 aliphatic carbocycles. The second kappa shape index (κ2) is 5.67. The van der Waals surface area contributed by atoms with Crippen LogP contribution in [-0.4, -0.2) is 16.9 Å². The SMILES string of the molecule is OCCCc1cc(-c2ccc(Cl)c(Br)c2)no1. The highest BCUT2D eigenvalue weighted by Crippen LogP contribution is 2.28. The van der Waals surface area contributed by atoms with E-state index in [9.17, 15) is 0 Å². The summed E-state index contributed by atoms with van der Waals surface area (Å²) in [6.45, 7) is 0.155. The van der Waals surface area contributed by atoms with Crippen LogP contribution in [0.15, 0.2) is 33.3 Å². The van der Waals surface area contributed by atoms with Crippen molar-refractivity contribution in [2.75, 3.05) is 6.61 Å². The first kappa shape index (κ1) is 12.6. The molecule has 2 rings (SSSR count). The van der Waals surface area contributed by atoms with Crippen LogP contribution in [0.5, 0.6) is 0 Å². The molecule has 1 N–H and O–H groups in total. The van der Waals surface area contributed by atoms with E-state index in [1.165, 1.54) is 0 Å². The molecule has 0 atom stereocenters. The van der Waals surface area contributed by atoms with E-state index in [1.54, 1.807) is 0 Å². The predicted molar refractivity (Wildman–Crippen MR) is 70.1 cm³/mol. The number of benzene rings is 1. The van der Waals surface area contributed by atoms with Crippen LogP contribution in [0.4, 0.5) is 0 Å². The van der Waals surface area contributed by atoms with E-state index in [-0.39, 0.29) is 6.61 Å². The summed E-state index contributed by atoms with van der Waals surface area (Å²) in [5, 5.41) is 13.4. The van der Waals surface area contributed by atoms with Crippen molar-refractivity contribution in [2.45, 2.75) is 12.8 Å². The van der Waals surface area contributed by atoms with E-state index >= 15 is 0 Å². The standard InChI is InChI=1S/C12H11BrClNO2/c13-10-6-8(3-4-11(10)14)12-7-9(17-15-12)2-1-5-16/h3-4,6-7,16H,1-2,5H2. The van der Waals surface area contributed by atoms with Gasteiger partial charge in [0.15, 0.2) is 0 Å². The Kier molecular flexibility index (Phi) is 4.20. The van der Waals surface area contributed by atoms with Crippen LogP contribution >= 0.6 is 27.5 Å². The Labute approximate surface area is 113 Å². The second-order valence-electron chi connectivity index (χ2n) is 3.63. The van der Waals surface area contributed by atoms with Crippen LogP contribution in [0.2, 0.25) is 5.02 Å². The number of aromatic nitrogens is 1. The van der Waals surface area contributed by atoms with Gasteiger partial charge in [0.05, 0.1) is 5.02 Å². The highest BCUT2D eigenvalue weighted by molar-refractivity contribution is 9.10. The summed E-state index contributed by atoms with van der Waals surface area (Å²) in [7, 11) is 0. The Balaban J connectivity index is 2.21. The van der Waals surface area contributed by atoms with E-state index in [0.29, 0.717) is 17.9 Å². The minimum absolute atomic E-state index is 0.155. The van der Waals surface area contributed by atoms with Gasteiger partial charge in [0.25, 0.3) is 0 Å². The first-order chi connectivity index (χ1) is 8.20. The Morgan fingerprint density at radius 2 is 2.18 bits per heavy atom. The van der Waals surface area contributed by atoms with Crippen molar-refractivity contribution in [1.29, 1.82) is 0 Å². The number of halogens is 2. The molecule has 0 fully saturated rings. The van der Waals surface area contributed by atoms with Gasteiger partial charge in [-0.25, -0.2) is 0 Å². The highest BCUT2D eigenvalue weighted by Gasteiger charge is 2.07. The zero-order valence-electron chi connectivity index (χ0n) is 8.99. The monoisotopic (exact) mass is 315 g/mol. The average Bonchev–Trinajstić information content (AvgIpc) is 2.79. The van der Waals surface area contributed by atoms with Gasteiger partial charge in [-0.2, -0.15) is 0 Å². The Hall–Kier alpha value is -0.840. The van der Waals surface area contributed by atoms with Gasteiger partial charge in [-0.1, -0.05) is 22.8 Å². The fraction of sp³-hybridized carbons (Fsp3) is 0.250. The van der Waals surface area contributed by atoms with Crippen LogP contribution in [0, 0.1) is 0 Å². The van der Waals surface area contributed by atoms with Gasteiger partial charge in [0.2, 0.25) is 0 Å². The molecule has 0 aliphatic heterocycles. The van der Waals surface area contributed by atoms with Gasteiger partial charge in [0, 0.05) is 29.1 Å². The van der Waals surface area contributed by atoms with Gasteiger partial charge in [-0.3, -0.25) is 0 Å². The van der Waals surface area contributed by atoms with Gasteiger partial charge < -0.3 is 9.63 Å². The maximum Gasteiger partial charge on any atom is 0.137 e. The second-order valence-corrected chi connectivity index (χ2v) is 4.90. The van der Waals surface area contributed by atoms with Crippen molar-refractivity contribution in [3.8, 4) is 11.3 Å². The largest absolute Gasteiger partial charge is 0.396 e. The van der Waals surface area contributed by atoms with E-state index in [2.05, 4.69) is 21.1 Å². The Morgan fingerprint density at radius 1 is 1.35 bits per heavy atom. The lowest BCUT2D eigenvalue weighted by Crippen LogP contribution is -1.86. The summed E-state index contributed by atoms with van der Waals surface area (Å²) in [6, 6.07) is 7.48. The molecular weight excluding hydrogens is 305 g/mol. The summed E-state index contributed by atoms with van der Waals surface area (Å²) in [5.74, 6) is 0.778. The molecule has 0 saturated heterocycles. The number of aryl methyl sites for hydroxylation is 1. The quantitative estimate of drug-likeness (QED) is 0.936. The summed E-state index contributed by atoms with van der Waals surface area (Å²) >= 11 is 9.29. The van der Waals surface area contributed by atoms with Gasteiger partial charge in [0.1, 0.15) is 11.5 Å². The molecular formula is C12H11BrClNO2. The normalized spacial score (nSPS) is 10.8. The van der Waals surface area contributed by atoms with Gasteiger partial charge in [-0.15, -0.1) is 0 Å². The minimum Gasteiger partial charge on any atom is -0.396 e. The van der Waals surface area contributed by atoms with Crippen molar-refractivity contribution >= 4 is 27.5 Å². The molecule has 0 aliphatic rings. The third-order valence-corrected chi connectivity index (χ3v) is 3.57. The summed E-state index contributed by atoms with van der Waals surface area (Å²) in [5.41, 5.74) is 1.72. The number of rotatable bonds is 4. The molecule has 0 saturated carbocycles. The Morgan fingerprint density at radius 3 is 2.88 bits per heavy atom. The molecule has 0 unspecified atom stereocenters. The molecule has 0 spiro atoms. The molecule has 1 aromatic carbocycles. The lowest BCUT2D eigenvalue weighted by atomic mass is 10.1. The van der Waals surface area contributed by atoms with Crippen molar-refractivity contribution in [3.63, 3.8) is 0 Å². The van der Waals surface area contributed by atoms with Crippen LogP contribution < -0.4 is 0 Å². The molecule has 17 heavy (non-hydrogen) atoms. The van der Waals surface area contributed by atoms with Crippen LogP contribution in [0.25, 0.3) is 11.3 Å². The lowest BCUT2D eigenvalue weighted by molar-refractivity contribution is 0.280. The summed E-state index contributed by atoms with van der Waals surface area (Å²) < 4.78 is 6.01. The first-order valence-electron chi connectivity index (χ1n) is 5.22. The zero-order chi connectivity index (χ0) is 12.3. The smallest absolute Gasteiger partial charge is 0.137 e. The van der Waals surface area contributed by atoms with Gasteiger partial charge in [-0.05, 0) is 34.5 Å². The number of aliphatic hydroxyl groups excluding tert-OH is 1. The average molecular weight is 317 g/mol. The number of nitrogens with zero attached hydrogens (tertiary/aromatic N) is 1. The minimum atomic E-state index is 0.155. The molecule has 3 nitrogen and oxygen atoms in total. The third kappa shape index (κ3) is 3.09. The topological polar surface area (TPSA) is 46.3 Å². The fourth-order valence-electron chi connectivity index (χ4n) is 1.48. The van der Waals surface area contributed by atoms with Crippen LogP contribution in [-0.2, 0) is 6.42 Å². The molecule has 0 amide bonds. The molecule has 0 bridgehead atoms. The van der Waals surface area contributed by atoms with Gasteiger partial charge >= 0.3 is 0 Å². The number of hydrogen-bond donors (Lipinski definition) is 1. The maximum atomic E-state index is 8.74. The zero-order valence-corrected chi connectivity index (χ0v) is 11.3. The fourth-order valence-corrected chi connectivity index (χ4v) is 1.97. The molecule has 1 aromatic heterocycles. The lowest BCUT2D eigenvalue weighted by Gasteiger charge is -1.98.